The Bertz CT molecular complexity index is 263. The van der Waals surface area contributed by atoms with Crippen LogP contribution in [0.1, 0.15) is 19.8 Å². The Morgan fingerprint density at radius 1 is 1.36 bits per heavy atom. The molecule has 0 aromatic rings. The molecule has 0 aromatic carbocycles. The molecule has 0 saturated heterocycles. The Hall–Kier alpha value is -0.820. The van der Waals surface area contributed by atoms with Gasteiger partial charge in [-0.25, -0.2) is 4.79 Å². The molecule has 0 aliphatic heterocycles. The number of carbonyl (C=O) groups is 1. The van der Waals surface area contributed by atoms with Crippen LogP contribution in [0.3, 0.4) is 0 Å². The normalized spacial score (nSPS) is 11.0. The smallest absolute Gasteiger partial charge is 0.315 e. The van der Waals surface area contributed by atoms with Crippen molar-refractivity contribution in [1.29, 1.82) is 0 Å². The number of unbranched alkanes of at least 4 members (excludes halogenated alkanes) is 1. The van der Waals surface area contributed by atoms with Crippen molar-refractivity contribution in [2.75, 3.05) is 19.5 Å². The van der Waals surface area contributed by atoms with E-state index in [0.717, 1.165) is 20.0 Å². The molecule has 7 heteroatoms. The molecule has 0 atom stereocenters. The first kappa shape index (κ1) is 13.2. The highest BCUT2D eigenvalue weighted by molar-refractivity contribution is 7.86. The molecule has 84 valence electrons. The van der Waals surface area contributed by atoms with Crippen molar-refractivity contribution in [3.63, 3.8) is 0 Å². The van der Waals surface area contributed by atoms with Crippen LogP contribution in [-0.4, -0.2) is 34.0 Å². The van der Waals surface area contributed by atoms with E-state index in [0.29, 0.717) is 6.54 Å². The second-order valence-electron chi connectivity index (χ2n) is 2.65. The first-order valence-corrected chi connectivity index (χ1v) is 5.89. The van der Waals surface area contributed by atoms with Crippen LogP contribution in [0.25, 0.3) is 0 Å². The summed E-state index contributed by atoms with van der Waals surface area (Å²) in [4.78, 5) is 10.9. The molecule has 0 fully saturated rings. The van der Waals surface area contributed by atoms with Crippen molar-refractivity contribution in [1.82, 2.24) is 10.6 Å². The molecule has 14 heavy (non-hydrogen) atoms. The lowest BCUT2D eigenvalue weighted by Gasteiger charge is -2.06. The monoisotopic (exact) mass is 224 g/mol. The predicted molar refractivity (Wildman–Crippen MR) is 52.2 cm³/mol. The van der Waals surface area contributed by atoms with Crippen molar-refractivity contribution >= 4 is 16.1 Å². The molecule has 0 aliphatic rings. The average Bonchev–Trinajstić information content (AvgIpc) is 2.16. The van der Waals surface area contributed by atoms with Crippen molar-refractivity contribution in [2.45, 2.75) is 19.8 Å². The third-order valence-corrected chi connectivity index (χ3v) is 2.49. The van der Waals surface area contributed by atoms with Crippen molar-refractivity contribution in [2.24, 2.45) is 0 Å². The zero-order valence-electron chi connectivity index (χ0n) is 8.37. The van der Waals surface area contributed by atoms with E-state index in [2.05, 4.69) is 14.8 Å². The number of urea groups is 1. The number of amides is 2. The summed E-state index contributed by atoms with van der Waals surface area (Å²) in [5.41, 5.74) is 0. The molecule has 0 aromatic heterocycles. The number of hydrogen-bond acceptors (Lipinski definition) is 4. The maximum absolute atomic E-state index is 10.9. The summed E-state index contributed by atoms with van der Waals surface area (Å²) in [6.45, 7) is 2.53. The quantitative estimate of drug-likeness (QED) is 0.492. The minimum absolute atomic E-state index is 0.501. The molecule has 0 spiro atoms. The average molecular weight is 224 g/mol. The molecule has 0 bridgehead atoms. The number of rotatable bonds is 6. The molecule has 0 heterocycles. The lowest BCUT2D eigenvalue weighted by molar-refractivity contribution is 0.241. The van der Waals surface area contributed by atoms with Gasteiger partial charge < -0.3 is 10.6 Å². The highest BCUT2D eigenvalue weighted by Gasteiger charge is 2.09. The molecule has 0 radical (unpaired) electrons. The number of nitrogens with one attached hydrogen (secondary N) is 2. The van der Waals surface area contributed by atoms with Gasteiger partial charge in [0.15, 0.2) is 0 Å². The minimum atomic E-state index is -3.62. The third-order valence-electron chi connectivity index (χ3n) is 1.48. The van der Waals surface area contributed by atoms with Crippen LogP contribution in [-0.2, 0) is 14.3 Å². The lowest BCUT2D eigenvalue weighted by Crippen LogP contribution is -2.39. The molecule has 2 N–H and O–H groups in total. The Morgan fingerprint density at radius 2 is 2.00 bits per heavy atom. The highest BCUT2D eigenvalue weighted by Crippen LogP contribution is 1.86. The van der Waals surface area contributed by atoms with Crippen LogP contribution in [0.4, 0.5) is 4.79 Å². The van der Waals surface area contributed by atoms with Crippen LogP contribution in [0.5, 0.6) is 0 Å². The second kappa shape index (κ2) is 6.61. The fourth-order valence-corrected chi connectivity index (χ4v) is 1.08. The molecule has 2 amide bonds. The summed E-state index contributed by atoms with van der Waals surface area (Å²) >= 11 is 0. The van der Waals surface area contributed by atoms with Crippen LogP contribution in [0.2, 0.25) is 0 Å². The zero-order valence-corrected chi connectivity index (χ0v) is 9.19. The van der Waals surface area contributed by atoms with Gasteiger partial charge in [-0.3, -0.25) is 4.18 Å². The van der Waals surface area contributed by atoms with Gasteiger partial charge in [-0.05, 0) is 6.42 Å². The second-order valence-corrected chi connectivity index (χ2v) is 4.39. The van der Waals surface area contributed by atoms with E-state index in [1.54, 1.807) is 0 Å². The van der Waals surface area contributed by atoms with E-state index in [1.807, 2.05) is 6.92 Å². The summed E-state index contributed by atoms with van der Waals surface area (Å²) in [6, 6.07) is -0.501. The largest absolute Gasteiger partial charge is 0.338 e. The number of carbonyl (C=O) groups excluding carboxylic acids is 1. The molecule has 0 rings (SSSR count). The summed E-state index contributed by atoms with van der Waals surface area (Å²) in [6.07, 6.45) is 1.83. The molecular formula is C7H16N2O4S. The Labute approximate surface area is 84.1 Å². The van der Waals surface area contributed by atoms with Gasteiger partial charge in [0.25, 0.3) is 10.1 Å². The fourth-order valence-electron chi connectivity index (χ4n) is 0.654. The van der Waals surface area contributed by atoms with Gasteiger partial charge in [-0.2, -0.15) is 8.42 Å². The Kier molecular flexibility index (Phi) is 6.22. The maximum Gasteiger partial charge on any atom is 0.315 e. The van der Waals surface area contributed by atoms with Gasteiger partial charge in [0.05, 0.1) is 7.11 Å². The van der Waals surface area contributed by atoms with Gasteiger partial charge in [-0.15, -0.1) is 0 Å². The Morgan fingerprint density at radius 3 is 2.50 bits per heavy atom. The van der Waals surface area contributed by atoms with E-state index in [1.165, 1.54) is 0 Å². The van der Waals surface area contributed by atoms with Crippen LogP contribution in [0, 0.1) is 0 Å². The predicted octanol–water partition coefficient (Wildman–Crippen LogP) is 0.0194. The molecular weight excluding hydrogens is 208 g/mol. The van der Waals surface area contributed by atoms with Gasteiger partial charge in [0, 0.05) is 6.54 Å². The summed E-state index contributed by atoms with van der Waals surface area (Å²) in [7, 11) is -2.57. The first-order chi connectivity index (χ1) is 6.52. The molecule has 0 saturated carbocycles. The maximum atomic E-state index is 10.9. The SMILES string of the molecule is CCCCNC(=O)NCS(=O)(=O)OC. The lowest BCUT2D eigenvalue weighted by atomic mass is 10.3. The van der Waals surface area contributed by atoms with Gasteiger partial charge >= 0.3 is 6.03 Å². The van der Waals surface area contributed by atoms with Crippen LogP contribution >= 0.6 is 0 Å². The highest BCUT2D eigenvalue weighted by atomic mass is 32.2. The summed E-state index contributed by atoms with van der Waals surface area (Å²) < 4.78 is 25.7. The van der Waals surface area contributed by atoms with E-state index >= 15 is 0 Å². The Balaban J connectivity index is 3.64. The minimum Gasteiger partial charge on any atom is -0.338 e. The van der Waals surface area contributed by atoms with Crippen LogP contribution in [0.15, 0.2) is 0 Å². The third kappa shape index (κ3) is 6.67. The zero-order chi connectivity index (χ0) is 11.0. The topological polar surface area (TPSA) is 84.5 Å². The fraction of sp³-hybridized carbons (Fsp3) is 0.857. The van der Waals surface area contributed by atoms with Gasteiger partial charge in [0.1, 0.15) is 5.88 Å². The van der Waals surface area contributed by atoms with Crippen molar-refractivity contribution in [3.05, 3.63) is 0 Å². The van der Waals surface area contributed by atoms with E-state index < -0.39 is 22.0 Å². The van der Waals surface area contributed by atoms with Crippen molar-refractivity contribution in [3.8, 4) is 0 Å². The van der Waals surface area contributed by atoms with E-state index in [9.17, 15) is 13.2 Å². The first-order valence-electron chi connectivity index (χ1n) is 4.32. The molecule has 0 unspecified atom stereocenters. The van der Waals surface area contributed by atoms with Gasteiger partial charge in [-0.1, -0.05) is 13.3 Å². The summed E-state index contributed by atoms with van der Waals surface area (Å²) in [5, 5.41) is 4.68. The van der Waals surface area contributed by atoms with Gasteiger partial charge in [0.2, 0.25) is 0 Å². The van der Waals surface area contributed by atoms with E-state index in [4.69, 9.17) is 0 Å². The molecule has 0 aliphatic carbocycles. The summed E-state index contributed by atoms with van der Waals surface area (Å²) in [5.74, 6) is -0.512. The molecule has 6 nitrogen and oxygen atoms in total. The van der Waals surface area contributed by atoms with E-state index in [-0.39, 0.29) is 0 Å². The standard InChI is InChI=1S/C7H16N2O4S/c1-3-4-5-8-7(10)9-6-14(11,12)13-2/h3-6H2,1-2H3,(H2,8,9,10). The van der Waals surface area contributed by atoms with Crippen molar-refractivity contribution < 1.29 is 17.4 Å². The number of hydrogen-bond donors (Lipinski definition) is 2. The van der Waals surface area contributed by atoms with Crippen LogP contribution < -0.4 is 10.6 Å².